The Morgan fingerprint density at radius 2 is 1.68 bits per heavy atom. The average Bonchev–Trinajstić information content (AvgIpc) is 2.75. The highest BCUT2D eigenvalue weighted by Gasteiger charge is 2.27. The van der Waals surface area contributed by atoms with E-state index in [1.807, 2.05) is 13.0 Å². The fourth-order valence-corrected chi connectivity index (χ4v) is 2.56. The summed E-state index contributed by atoms with van der Waals surface area (Å²) >= 11 is 0. The van der Waals surface area contributed by atoms with E-state index in [0.29, 0.717) is 5.56 Å². The lowest BCUT2D eigenvalue weighted by Crippen LogP contribution is -2.46. The van der Waals surface area contributed by atoms with Gasteiger partial charge in [0.15, 0.2) is 6.61 Å². The highest BCUT2D eigenvalue weighted by molar-refractivity contribution is 5.97. The van der Waals surface area contributed by atoms with Gasteiger partial charge in [-0.1, -0.05) is 31.5 Å². The van der Waals surface area contributed by atoms with Crippen molar-refractivity contribution in [2.24, 2.45) is 5.92 Å². The van der Waals surface area contributed by atoms with Crippen molar-refractivity contribution in [3.63, 3.8) is 0 Å². The Bertz CT molecular complexity index is 925. The van der Waals surface area contributed by atoms with E-state index < -0.39 is 30.4 Å². The van der Waals surface area contributed by atoms with E-state index in [0.717, 1.165) is 5.56 Å². The molecular formula is C21H26N4O6. The molecular weight excluding hydrogens is 404 g/mol. The summed E-state index contributed by atoms with van der Waals surface area (Å²) in [5, 5.41) is 5.06. The molecule has 0 saturated carbocycles. The molecule has 1 heterocycles. The first-order valence-electron chi connectivity index (χ1n) is 9.54. The van der Waals surface area contributed by atoms with Gasteiger partial charge in [0.25, 0.3) is 11.8 Å². The van der Waals surface area contributed by atoms with Gasteiger partial charge in [0.1, 0.15) is 6.04 Å². The van der Waals surface area contributed by atoms with Crippen molar-refractivity contribution in [2.75, 3.05) is 26.1 Å². The molecule has 10 nitrogen and oxygen atoms in total. The summed E-state index contributed by atoms with van der Waals surface area (Å²) in [6.07, 6.45) is 0. The number of nitrogens with one attached hydrogen (secondary N) is 2. The summed E-state index contributed by atoms with van der Waals surface area (Å²) < 4.78 is 15.1. The number of hydrogen-bond acceptors (Lipinski definition) is 8. The molecule has 2 rings (SSSR count). The molecule has 1 atom stereocenters. The van der Waals surface area contributed by atoms with Crippen molar-refractivity contribution < 1.29 is 28.6 Å². The lowest BCUT2D eigenvalue weighted by atomic mass is 10.0. The fourth-order valence-electron chi connectivity index (χ4n) is 2.56. The number of esters is 1. The number of aromatic nitrogens is 2. The van der Waals surface area contributed by atoms with E-state index >= 15 is 0 Å². The van der Waals surface area contributed by atoms with Crippen LogP contribution in [0.5, 0.6) is 11.8 Å². The van der Waals surface area contributed by atoms with E-state index in [-0.39, 0.29) is 23.6 Å². The van der Waals surface area contributed by atoms with E-state index in [9.17, 15) is 14.4 Å². The number of anilines is 1. The Hall–Kier alpha value is -3.69. The van der Waals surface area contributed by atoms with Gasteiger partial charge in [-0.25, -0.2) is 4.79 Å². The van der Waals surface area contributed by atoms with E-state index in [1.54, 1.807) is 32.0 Å². The summed E-state index contributed by atoms with van der Waals surface area (Å²) in [5.74, 6) is -1.72. The maximum Gasteiger partial charge on any atom is 0.329 e. The minimum atomic E-state index is -0.922. The number of aryl methyl sites for hydroxylation is 1. The lowest BCUT2D eigenvalue weighted by Gasteiger charge is -2.20. The van der Waals surface area contributed by atoms with Crippen molar-refractivity contribution in [1.29, 1.82) is 0 Å². The highest BCUT2D eigenvalue weighted by Crippen LogP contribution is 2.17. The maximum absolute atomic E-state index is 12.5. The van der Waals surface area contributed by atoms with Crippen molar-refractivity contribution in [3.05, 3.63) is 41.5 Å². The Morgan fingerprint density at radius 1 is 1.03 bits per heavy atom. The summed E-state index contributed by atoms with van der Waals surface area (Å²) in [5.41, 5.74) is 1.35. The van der Waals surface area contributed by atoms with Crippen LogP contribution in [0.15, 0.2) is 30.3 Å². The Kier molecular flexibility index (Phi) is 8.30. The molecule has 0 aliphatic carbocycles. The zero-order chi connectivity index (χ0) is 23.0. The number of amides is 2. The normalized spacial score (nSPS) is 11.4. The second-order valence-corrected chi connectivity index (χ2v) is 7.00. The molecule has 0 saturated heterocycles. The fraction of sp³-hybridized carbons (Fsp3) is 0.381. The average molecular weight is 430 g/mol. The monoisotopic (exact) mass is 430 g/mol. The van der Waals surface area contributed by atoms with Gasteiger partial charge >= 0.3 is 5.97 Å². The molecule has 0 aliphatic rings. The van der Waals surface area contributed by atoms with E-state index in [2.05, 4.69) is 20.6 Å². The van der Waals surface area contributed by atoms with Crippen LogP contribution in [0.3, 0.4) is 0 Å². The molecule has 1 aromatic heterocycles. The van der Waals surface area contributed by atoms with Crippen LogP contribution in [0, 0.1) is 12.8 Å². The number of ether oxygens (including phenoxy) is 3. The standard InChI is InChI=1S/C21H26N4O6/c1-12(2)18(25-19(27)14-8-6-7-13(3)9-14)20(28)31-11-15(26)22-21-23-16(29-4)10-17(24-21)30-5/h6-10,12,18H,11H2,1-5H3,(H,25,27)(H,22,23,24,26)/t18-/m1/s1. The molecule has 2 N–H and O–H groups in total. The molecule has 0 bridgehead atoms. The molecule has 0 fully saturated rings. The van der Waals surface area contributed by atoms with E-state index in [4.69, 9.17) is 14.2 Å². The Balaban J connectivity index is 1.97. The first-order valence-corrected chi connectivity index (χ1v) is 9.54. The zero-order valence-corrected chi connectivity index (χ0v) is 18.1. The second kappa shape index (κ2) is 10.9. The first kappa shape index (κ1) is 23.6. The molecule has 2 aromatic rings. The summed E-state index contributed by atoms with van der Waals surface area (Å²) in [6, 6.07) is 7.52. The third-order valence-corrected chi connectivity index (χ3v) is 4.18. The number of methoxy groups -OCH3 is 2. The SMILES string of the molecule is COc1cc(OC)nc(NC(=O)COC(=O)[C@H](NC(=O)c2cccc(C)c2)C(C)C)n1. The quantitative estimate of drug-likeness (QED) is 0.576. The van der Waals surface area contributed by atoms with Crippen LogP contribution in [0.2, 0.25) is 0 Å². The molecule has 0 unspecified atom stereocenters. The van der Waals surface area contributed by atoms with Gasteiger partial charge in [-0.2, -0.15) is 9.97 Å². The van der Waals surface area contributed by atoms with Gasteiger partial charge in [-0.05, 0) is 25.0 Å². The summed E-state index contributed by atoms with van der Waals surface area (Å²) in [6.45, 7) is 4.81. The van der Waals surface area contributed by atoms with Gasteiger partial charge < -0.3 is 19.5 Å². The number of rotatable bonds is 9. The summed E-state index contributed by atoms with van der Waals surface area (Å²) in [7, 11) is 2.82. The number of hydrogen-bond donors (Lipinski definition) is 2. The van der Waals surface area contributed by atoms with Crippen LogP contribution in [0.4, 0.5) is 5.95 Å². The second-order valence-electron chi connectivity index (χ2n) is 7.00. The van der Waals surface area contributed by atoms with Gasteiger partial charge in [-0.3, -0.25) is 14.9 Å². The van der Waals surface area contributed by atoms with Gasteiger partial charge in [0, 0.05) is 5.56 Å². The molecule has 0 aliphatic heterocycles. The topological polar surface area (TPSA) is 129 Å². The van der Waals surface area contributed by atoms with Crippen LogP contribution in [0.1, 0.15) is 29.8 Å². The predicted molar refractivity (Wildman–Crippen MR) is 112 cm³/mol. The number of carbonyl (C=O) groups excluding carboxylic acids is 3. The third-order valence-electron chi connectivity index (χ3n) is 4.18. The largest absolute Gasteiger partial charge is 0.481 e. The number of carbonyl (C=O) groups is 3. The van der Waals surface area contributed by atoms with Crippen LogP contribution in [0.25, 0.3) is 0 Å². The Labute approximate surface area is 180 Å². The molecule has 31 heavy (non-hydrogen) atoms. The smallest absolute Gasteiger partial charge is 0.329 e. The maximum atomic E-state index is 12.5. The molecule has 1 aromatic carbocycles. The van der Waals surface area contributed by atoms with Crippen molar-refractivity contribution >= 4 is 23.7 Å². The minimum absolute atomic E-state index is 0.0644. The van der Waals surface area contributed by atoms with Gasteiger partial charge in [0.05, 0.1) is 20.3 Å². The van der Waals surface area contributed by atoms with Gasteiger partial charge in [0.2, 0.25) is 17.7 Å². The highest BCUT2D eigenvalue weighted by atomic mass is 16.5. The van der Waals surface area contributed by atoms with E-state index in [1.165, 1.54) is 20.3 Å². The van der Waals surface area contributed by atoms with Crippen LogP contribution < -0.4 is 20.1 Å². The lowest BCUT2D eigenvalue weighted by molar-refractivity contribution is -0.150. The van der Waals surface area contributed by atoms with Crippen molar-refractivity contribution in [3.8, 4) is 11.8 Å². The molecule has 10 heteroatoms. The number of nitrogens with zero attached hydrogens (tertiary/aromatic N) is 2. The molecule has 0 radical (unpaired) electrons. The zero-order valence-electron chi connectivity index (χ0n) is 18.1. The molecule has 2 amide bonds. The third kappa shape index (κ3) is 6.95. The van der Waals surface area contributed by atoms with Crippen LogP contribution >= 0.6 is 0 Å². The van der Waals surface area contributed by atoms with Crippen molar-refractivity contribution in [1.82, 2.24) is 15.3 Å². The first-order chi connectivity index (χ1) is 14.7. The van der Waals surface area contributed by atoms with Crippen LogP contribution in [-0.4, -0.2) is 54.6 Å². The van der Waals surface area contributed by atoms with Crippen molar-refractivity contribution in [2.45, 2.75) is 26.8 Å². The van der Waals surface area contributed by atoms with Crippen LogP contribution in [-0.2, 0) is 14.3 Å². The molecule has 166 valence electrons. The van der Waals surface area contributed by atoms with Gasteiger partial charge in [-0.15, -0.1) is 0 Å². The number of benzene rings is 1. The summed E-state index contributed by atoms with van der Waals surface area (Å²) in [4.78, 5) is 45.1. The predicted octanol–water partition coefficient (Wildman–Crippen LogP) is 1.74. The minimum Gasteiger partial charge on any atom is -0.481 e. The molecule has 0 spiro atoms. The Morgan fingerprint density at radius 3 is 2.23 bits per heavy atom.